The Bertz CT molecular complexity index is 1060. The second kappa shape index (κ2) is 8.53. The highest BCUT2D eigenvalue weighted by atomic mass is 32.2. The first-order valence-electron chi connectivity index (χ1n) is 8.91. The average molecular weight is 420 g/mol. The molecule has 1 aliphatic heterocycles. The van der Waals surface area contributed by atoms with Gasteiger partial charge in [-0.15, -0.1) is 0 Å². The van der Waals surface area contributed by atoms with Crippen LogP contribution in [0.5, 0.6) is 0 Å². The van der Waals surface area contributed by atoms with Gasteiger partial charge >= 0.3 is 0 Å². The molecule has 1 aliphatic rings. The molecule has 1 aromatic heterocycles. The van der Waals surface area contributed by atoms with Gasteiger partial charge in [0.2, 0.25) is 15.9 Å². The molecule has 10 nitrogen and oxygen atoms in total. The zero-order valence-electron chi connectivity index (χ0n) is 15.5. The lowest BCUT2D eigenvalue weighted by Gasteiger charge is -2.34. The molecular weight excluding hydrogens is 400 g/mol. The van der Waals surface area contributed by atoms with E-state index in [1.807, 2.05) is 6.07 Å². The van der Waals surface area contributed by atoms with Crippen LogP contribution in [-0.4, -0.2) is 59.2 Å². The Morgan fingerprint density at radius 2 is 1.69 bits per heavy atom. The fraction of sp³-hybridized carbons (Fsp3) is 0.333. The smallest absolute Gasteiger partial charge is 0.285 e. The monoisotopic (exact) mass is 420 g/mol. The number of benzene rings is 1. The van der Waals surface area contributed by atoms with E-state index in [2.05, 4.69) is 0 Å². The molecule has 0 spiro atoms. The minimum atomic E-state index is -3.50. The zero-order chi connectivity index (χ0) is 21.0. The van der Waals surface area contributed by atoms with Gasteiger partial charge in [0.05, 0.1) is 16.9 Å². The van der Waals surface area contributed by atoms with E-state index in [9.17, 15) is 28.1 Å². The molecule has 0 unspecified atom stereocenters. The highest BCUT2D eigenvalue weighted by molar-refractivity contribution is 7.88. The number of hydrogen-bond acceptors (Lipinski definition) is 6. The van der Waals surface area contributed by atoms with Crippen molar-refractivity contribution in [2.45, 2.75) is 12.3 Å². The number of nitrogens with zero attached hydrogens (tertiary/aromatic N) is 4. The molecule has 3 rings (SSSR count). The van der Waals surface area contributed by atoms with Gasteiger partial charge in [0, 0.05) is 38.3 Å². The van der Waals surface area contributed by atoms with Crippen molar-refractivity contribution in [3.63, 3.8) is 0 Å². The third-order valence-electron chi connectivity index (χ3n) is 4.66. The summed E-state index contributed by atoms with van der Waals surface area (Å²) in [6.07, 6.45) is 1.03. The van der Waals surface area contributed by atoms with Crippen molar-refractivity contribution >= 4 is 21.6 Å². The van der Waals surface area contributed by atoms with Crippen molar-refractivity contribution in [3.8, 4) is 0 Å². The summed E-state index contributed by atoms with van der Waals surface area (Å²) in [6.45, 7) is 0.361. The van der Waals surface area contributed by atoms with Crippen molar-refractivity contribution < 1.29 is 18.1 Å². The summed E-state index contributed by atoms with van der Waals surface area (Å²) in [4.78, 5) is 36.0. The first kappa shape index (κ1) is 20.7. The largest absolute Gasteiger partial charge is 0.339 e. The van der Waals surface area contributed by atoms with Crippen LogP contribution < -0.4 is 5.56 Å². The van der Waals surface area contributed by atoms with E-state index in [4.69, 9.17) is 0 Å². The van der Waals surface area contributed by atoms with Crippen molar-refractivity contribution in [1.82, 2.24) is 13.8 Å². The topological polar surface area (TPSA) is 123 Å². The normalized spacial score (nSPS) is 15.2. The number of carbonyl (C=O) groups excluding carboxylic acids is 1. The number of rotatable bonds is 6. The number of nitro groups is 1. The number of hydrogen-bond donors (Lipinski definition) is 0. The molecule has 1 amide bonds. The van der Waals surface area contributed by atoms with E-state index in [0.717, 1.165) is 22.9 Å². The van der Waals surface area contributed by atoms with E-state index in [0.29, 0.717) is 5.56 Å². The quantitative estimate of drug-likeness (QED) is 0.493. The summed E-state index contributed by atoms with van der Waals surface area (Å²) < 4.78 is 27.5. The van der Waals surface area contributed by atoms with Crippen LogP contribution in [0.1, 0.15) is 5.56 Å². The SMILES string of the molecule is O=C(Cn1cc([N+](=O)[O-])ccc1=O)N1CCN(S(=O)(=O)Cc2ccccc2)CC1. The second-order valence-electron chi connectivity index (χ2n) is 6.63. The third-order valence-corrected chi connectivity index (χ3v) is 6.51. The van der Waals surface area contributed by atoms with Crippen LogP contribution in [0.25, 0.3) is 0 Å². The van der Waals surface area contributed by atoms with E-state index in [1.54, 1.807) is 24.3 Å². The van der Waals surface area contributed by atoms with Gasteiger partial charge in [0.1, 0.15) is 6.54 Å². The van der Waals surface area contributed by atoms with Crippen LogP contribution in [0.15, 0.2) is 53.5 Å². The van der Waals surface area contributed by atoms with Crippen molar-refractivity contribution in [2.24, 2.45) is 0 Å². The Morgan fingerprint density at radius 1 is 1.03 bits per heavy atom. The summed E-state index contributed by atoms with van der Waals surface area (Å²) in [5.41, 5.74) is -0.113. The molecule has 11 heteroatoms. The van der Waals surface area contributed by atoms with Gasteiger partial charge in [-0.05, 0) is 5.56 Å². The fourth-order valence-corrected chi connectivity index (χ4v) is 4.60. The van der Waals surface area contributed by atoms with Gasteiger partial charge in [-0.2, -0.15) is 4.31 Å². The standard InChI is InChI=1S/C18H20N4O6S/c23-17-7-6-16(22(25)26)12-20(17)13-18(24)19-8-10-21(11-9-19)29(27,28)14-15-4-2-1-3-5-15/h1-7,12H,8-11,13-14H2. The number of aromatic nitrogens is 1. The van der Waals surface area contributed by atoms with Crippen molar-refractivity contribution in [1.29, 1.82) is 0 Å². The Morgan fingerprint density at radius 3 is 2.31 bits per heavy atom. The molecule has 2 aromatic rings. The van der Waals surface area contributed by atoms with E-state index >= 15 is 0 Å². The maximum Gasteiger partial charge on any atom is 0.285 e. The van der Waals surface area contributed by atoms with Crippen LogP contribution in [0, 0.1) is 10.1 Å². The molecule has 154 valence electrons. The van der Waals surface area contributed by atoms with Crippen LogP contribution in [0.3, 0.4) is 0 Å². The van der Waals surface area contributed by atoms with Gasteiger partial charge < -0.3 is 4.90 Å². The summed E-state index contributed by atoms with van der Waals surface area (Å²) in [5, 5.41) is 10.8. The molecule has 0 atom stereocenters. The molecule has 0 N–H and O–H groups in total. The molecule has 1 aromatic carbocycles. The van der Waals surface area contributed by atoms with Crippen molar-refractivity contribution in [3.05, 3.63) is 74.7 Å². The first-order valence-corrected chi connectivity index (χ1v) is 10.5. The summed E-state index contributed by atoms with van der Waals surface area (Å²) >= 11 is 0. The maximum absolute atomic E-state index is 12.6. The van der Waals surface area contributed by atoms with Gasteiger partial charge in [-0.25, -0.2) is 8.42 Å². The zero-order valence-corrected chi connectivity index (χ0v) is 16.3. The lowest BCUT2D eigenvalue weighted by Crippen LogP contribution is -2.51. The lowest BCUT2D eigenvalue weighted by molar-refractivity contribution is -0.385. The Labute approximate surface area is 167 Å². The molecule has 2 heterocycles. The van der Waals surface area contributed by atoms with E-state index in [1.165, 1.54) is 9.21 Å². The Hall–Kier alpha value is -3.05. The summed E-state index contributed by atoms with van der Waals surface area (Å²) in [6, 6.07) is 11.0. The van der Waals surface area contributed by atoms with Gasteiger partial charge in [-0.1, -0.05) is 30.3 Å². The first-order chi connectivity index (χ1) is 13.8. The molecule has 1 fully saturated rings. The molecule has 0 bridgehead atoms. The molecular formula is C18H20N4O6S. The van der Waals surface area contributed by atoms with Gasteiger partial charge in [0.15, 0.2) is 0 Å². The minimum Gasteiger partial charge on any atom is -0.339 e. The molecule has 1 saturated heterocycles. The van der Waals surface area contributed by atoms with Crippen LogP contribution in [0.2, 0.25) is 0 Å². The van der Waals surface area contributed by atoms with Gasteiger partial charge in [-0.3, -0.25) is 24.3 Å². The second-order valence-corrected chi connectivity index (χ2v) is 8.60. The number of sulfonamides is 1. The predicted octanol–water partition coefficient (Wildman–Crippen LogP) is 0.431. The number of amides is 1. The molecule has 29 heavy (non-hydrogen) atoms. The fourth-order valence-electron chi connectivity index (χ4n) is 3.09. The van der Waals surface area contributed by atoms with E-state index < -0.39 is 26.4 Å². The number of pyridine rings is 1. The molecule has 0 radical (unpaired) electrons. The number of carbonyl (C=O) groups is 1. The highest BCUT2D eigenvalue weighted by Crippen LogP contribution is 2.14. The predicted molar refractivity (Wildman–Crippen MR) is 105 cm³/mol. The molecule has 0 aliphatic carbocycles. The van der Waals surface area contributed by atoms with Crippen LogP contribution in [-0.2, 0) is 27.1 Å². The van der Waals surface area contributed by atoms with Crippen LogP contribution in [0.4, 0.5) is 5.69 Å². The third kappa shape index (κ3) is 5.06. The Kier molecular flexibility index (Phi) is 6.09. The summed E-state index contributed by atoms with van der Waals surface area (Å²) in [5.74, 6) is -0.502. The maximum atomic E-state index is 12.6. The van der Waals surface area contributed by atoms with Crippen LogP contribution >= 0.6 is 0 Å². The van der Waals surface area contributed by atoms with E-state index in [-0.39, 0.29) is 44.2 Å². The molecule has 0 saturated carbocycles. The lowest BCUT2D eigenvalue weighted by atomic mass is 10.2. The Balaban J connectivity index is 1.60. The highest BCUT2D eigenvalue weighted by Gasteiger charge is 2.29. The minimum absolute atomic E-state index is 0.106. The van der Waals surface area contributed by atoms with Crippen molar-refractivity contribution in [2.75, 3.05) is 26.2 Å². The average Bonchev–Trinajstić information content (AvgIpc) is 2.70. The summed E-state index contributed by atoms with van der Waals surface area (Å²) in [7, 11) is -3.50. The van der Waals surface area contributed by atoms with Gasteiger partial charge in [0.25, 0.3) is 11.2 Å². The number of piperazine rings is 1.